The van der Waals surface area contributed by atoms with E-state index in [0.29, 0.717) is 27.6 Å². The highest BCUT2D eigenvalue weighted by Gasteiger charge is 2.49. The van der Waals surface area contributed by atoms with Crippen molar-refractivity contribution >= 4 is 57.1 Å². The first-order valence-corrected chi connectivity index (χ1v) is 13.1. The first kappa shape index (κ1) is 26.3. The van der Waals surface area contributed by atoms with Gasteiger partial charge in [-0.15, -0.1) is 0 Å². The third-order valence-corrected chi connectivity index (χ3v) is 7.84. The number of rotatable bonds is 6. The van der Waals surface area contributed by atoms with Crippen LogP contribution in [0.1, 0.15) is 43.9 Å². The number of benzene rings is 1. The number of ether oxygens (including phenoxy) is 1. The molecule has 1 atom stereocenters. The van der Waals surface area contributed by atoms with Crippen LogP contribution in [0.3, 0.4) is 0 Å². The lowest BCUT2D eigenvalue weighted by molar-refractivity contribution is -0.132. The summed E-state index contributed by atoms with van der Waals surface area (Å²) in [6, 6.07) is 9.29. The number of pyridine rings is 1. The number of esters is 1. The molecule has 0 bridgehead atoms. The molecule has 1 aromatic carbocycles. The molecule has 4 aromatic rings. The van der Waals surface area contributed by atoms with Crippen molar-refractivity contribution in [1.29, 1.82) is 0 Å². The Bertz CT molecular complexity index is 1700. The monoisotopic (exact) mass is 562 g/mol. The van der Waals surface area contributed by atoms with E-state index >= 15 is 0 Å². The molecule has 1 aliphatic heterocycles. The number of amides is 1. The second kappa shape index (κ2) is 10.1. The average Bonchev–Trinajstić information content (AvgIpc) is 3.55. The molecule has 198 valence electrons. The van der Waals surface area contributed by atoms with Gasteiger partial charge in [0.15, 0.2) is 10.9 Å². The average molecular weight is 563 g/mol. The summed E-state index contributed by atoms with van der Waals surface area (Å²) >= 11 is 7.04. The van der Waals surface area contributed by atoms with E-state index in [1.165, 1.54) is 11.0 Å². The standard InChI is InChI=1S/C28H23ClN4O5S/c1-5-13-38-27(37)24-15(3)30-28(39-24)33-21(17-8-10-18(29)11-9-17)19(23(35)26(33)36)22(34)20-16(4)32-12-6-7-14(2)25(32)31-20/h5-12,21,34H,1,13H2,2-4H3/b22-19+. The third kappa shape index (κ3) is 4.41. The van der Waals surface area contributed by atoms with E-state index in [4.69, 9.17) is 16.3 Å². The molecular formula is C28H23ClN4O5S. The van der Waals surface area contributed by atoms with E-state index < -0.39 is 29.5 Å². The minimum absolute atomic E-state index is 0.0125. The van der Waals surface area contributed by atoms with Gasteiger partial charge < -0.3 is 14.2 Å². The number of carbonyl (C=O) groups excluding carboxylic acids is 3. The number of nitrogens with zero attached hydrogens (tertiary/aromatic N) is 4. The van der Waals surface area contributed by atoms with Gasteiger partial charge >= 0.3 is 11.9 Å². The second-order valence-electron chi connectivity index (χ2n) is 8.95. The van der Waals surface area contributed by atoms with E-state index in [9.17, 15) is 19.5 Å². The van der Waals surface area contributed by atoms with Crippen molar-refractivity contribution < 1.29 is 24.2 Å². The summed E-state index contributed by atoms with van der Waals surface area (Å²) in [5.41, 5.74) is 2.99. The van der Waals surface area contributed by atoms with Gasteiger partial charge in [0.2, 0.25) is 0 Å². The topological polar surface area (TPSA) is 114 Å². The number of Topliss-reactive ketones (excluding diaryl/α,β-unsaturated/α-hetero) is 1. The highest BCUT2D eigenvalue weighted by atomic mass is 35.5. The lowest BCUT2D eigenvalue weighted by Gasteiger charge is -2.22. The van der Waals surface area contributed by atoms with Crippen LogP contribution in [0, 0.1) is 20.8 Å². The third-order valence-electron chi connectivity index (χ3n) is 6.45. The summed E-state index contributed by atoms with van der Waals surface area (Å²) in [4.78, 5) is 50.0. The van der Waals surface area contributed by atoms with Gasteiger partial charge in [-0.25, -0.2) is 14.8 Å². The Morgan fingerprint density at radius 3 is 2.56 bits per heavy atom. The molecule has 1 fully saturated rings. The maximum Gasteiger partial charge on any atom is 0.350 e. The van der Waals surface area contributed by atoms with Gasteiger partial charge in [-0.3, -0.25) is 14.5 Å². The van der Waals surface area contributed by atoms with Crippen LogP contribution in [0.5, 0.6) is 0 Å². The van der Waals surface area contributed by atoms with Gasteiger partial charge in [0.05, 0.1) is 23.0 Å². The number of carbonyl (C=O) groups is 3. The molecular weight excluding hydrogens is 540 g/mol. The lowest BCUT2D eigenvalue weighted by atomic mass is 9.96. The Kier molecular flexibility index (Phi) is 6.83. The van der Waals surface area contributed by atoms with Gasteiger partial charge in [-0.2, -0.15) is 0 Å². The summed E-state index contributed by atoms with van der Waals surface area (Å²) in [6.45, 7) is 8.82. The number of hydrogen-bond acceptors (Lipinski definition) is 8. The molecule has 0 saturated carbocycles. The highest BCUT2D eigenvalue weighted by molar-refractivity contribution is 7.17. The number of hydrogen-bond donors (Lipinski definition) is 1. The Balaban J connectivity index is 1.71. The minimum Gasteiger partial charge on any atom is -0.505 e. The molecule has 0 radical (unpaired) electrons. The van der Waals surface area contributed by atoms with E-state index in [1.54, 1.807) is 38.1 Å². The van der Waals surface area contributed by atoms with Crippen LogP contribution >= 0.6 is 22.9 Å². The van der Waals surface area contributed by atoms with E-state index in [1.807, 2.05) is 29.7 Å². The predicted molar refractivity (Wildman–Crippen MR) is 148 cm³/mol. The summed E-state index contributed by atoms with van der Waals surface area (Å²) in [5, 5.41) is 12.1. The lowest BCUT2D eigenvalue weighted by Crippen LogP contribution is -2.29. The summed E-state index contributed by atoms with van der Waals surface area (Å²) in [5.74, 6) is -2.82. The number of anilines is 1. The van der Waals surface area contributed by atoms with Crippen molar-refractivity contribution in [1.82, 2.24) is 14.4 Å². The van der Waals surface area contributed by atoms with E-state index in [2.05, 4.69) is 16.5 Å². The Labute approximate surface area is 232 Å². The van der Waals surface area contributed by atoms with Gasteiger partial charge in [0.25, 0.3) is 5.78 Å². The number of halogens is 1. The normalized spacial score (nSPS) is 16.7. The fourth-order valence-electron chi connectivity index (χ4n) is 4.54. The molecule has 11 heteroatoms. The highest BCUT2D eigenvalue weighted by Crippen LogP contribution is 2.44. The molecule has 3 aromatic heterocycles. The molecule has 5 rings (SSSR count). The SMILES string of the molecule is C=CCOC(=O)c1sc(N2C(=O)C(=O)/C(=C(/O)c3nc4c(C)cccn4c3C)C2c2ccc(Cl)cc2)nc1C. The Hall–Kier alpha value is -4.28. The van der Waals surface area contributed by atoms with Crippen LogP contribution < -0.4 is 4.90 Å². The largest absolute Gasteiger partial charge is 0.505 e. The molecule has 1 saturated heterocycles. The first-order valence-electron chi connectivity index (χ1n) is 11.9. The maximum atomic E-state index is 13.5. The van der Waals surface area contributed by atoms with E-state index in [0.717, 1.165) is 16.9 Å². The van der Waals surface area contributed by atoms with Crippen LogP contribution in [-0.2, 0) is 14.3 Å². The molecule has 0 spiro atoms. The fraction of sp³-hybridized carbons (Fsp3) is 0.179. The minimum atomic E-state index is -1.05. The zero-order valence-electron chi connectivity index (χ0n) is 21.3. The van der Waals surface area contributed by atoms with Gasteiger partial charge in [-0.1, -0.05) is 53.8 Å². The van der Waals surface area contributed by atoms with Crippen molar-refractivity contribution in [3.05, 3.63) is 98.9 Å². The van der Waals surface area contributed by atoms with Crippen LogP contribution in [0.2, 0.25) is 5.02 Å². The summed E-state index contributed by atoms with van der Waals surface area (Å²) in [7, 11) is 0. The molecule has 9 nitrogen and oxygen atoms in total. The second-order valence-corrected chi connectivity index (χ2v) is 10.4. The zero-order chi connectivity index (χ0) is 28.0. The quantitative estimate of drug-likeness (QED) is 0.111. The number of aromatic nitrogens is 3. The van der Waals surface area contributed by atoms with Crippen molar-refractivity contribution in [2.24, 2.45) is 0 Å². The van der Waals surface area contributed by atoms with Crippen LogP contribution in [0.15, 0.2) is 60.8 Å². The van der Waals surface area contributed by atoms with E-state index in [-0.39, 0.29) is 27.9 Å². The molecule has 39 heavy (non-hydrogen) atoms. The molecule has 1 unspecified atom stereocenters. The fourth-order valence-corrected chi connectivity index (χ4v) is 5.65. The molecule has 1 aliphatic rings. The number of aliphatic hydroxyl groups excluding tert-OH is 1. The van der Waals surface area contributed by atoms with Crippen molar-refractivity contribution in [3.63, 3.8) is 0 Å². The van der Waals surface area contributed by atoms with Crippen LogP contribution in [-0.4, -0.2) is 43.7 Å². The number of aliphatic hydroxyl groups is 1. The van der Waals surface area contributed by atoms with Gasteiger partial charge in [0, 0.05) is 11.2 Å². The smallest absolute Gasteiger partial charge is 0.350 e. The predicted octanol–water partition coefficient (Wildman–Crippen LogP) is 5.34. The number of aryl methyl sites for hydroxylation is 3. The number of imidazole rings is 1. The number of fused-ring (bicyclic) bond motifs is 1. The zero-order valence-corrected chi connectivity index (χ0v) is 22.8. The van der Waals surface area contributed by atoms with Crippen LogP contribution in [0.25, 0.3) is 11.4 Å². The summed E-state index contributed by atoms with van der Waals surface area (Å²) < 4.78 is 6.95. The van der Waals surface area contributed by atoms with Crippen molar-refractivity contribution in [2.75, 3.05) is 11.5 Å². The van der Waals surface area contributed by atoms with Crippen molar-refractivity contribution in [2.45, 2.75) is 26.8 Å². The molecule has 1 amide bonds. The van der Waals surface area contributed by atoms with Gasteiger partial charge in [-0.05, 0) is 50.1 Å². The van der Waals surface area contributed by atoms with Crippen LogP contribution in [0.4, 0.5) is 5.13 Å². The molecule has 1 N–H and O–H groups in total. The van der Waals surface area contributed by atoms with Crippen molar-refractivity contribution in [3.8, 4) is 0 Å². The number of thiazole rings is 1. The number of ketones is 1. The summed E-state index contributed by atoms with van der Waals surface area (Å²) in [6.07, 6.45) is 3.25. The Morgan fingerprint density at radius 2 is 1.90 bits per heavy atom. The van der Waals surface area contributed by atoms with Gasteiger partial charge in [0.1, 0.15) is 22.8 Å². The molecule has 0 aliphatic carbocycles. The maximum absolute atomic E-state index is 13.5. The first-order chi connectivity index (χ1) is 18.6. The Morgan fingerprint density at radius 1 is 1.18 bits per heavy atom. The molecule has 4 heterocycles.